The van der Waals surface area contributed by atoms with E-state index in [0.717, 1.165) is 16.7 Å². The van der Waals surface area contributed by atoms with Crippen molar-refractivity contribution in [2.45, 2.75) is 52.2 Å². The molecule has 0 radical (unpaired) electrons. The highest BCUT2D eigenvalue weighted by Gasteiger charge is 2.34. The zero-order valence-corrected chi connectivity index (χ0v) is 14.2. The Kier molecular flexibility index (Phi) is 4.96. The summed E-state index contributed by atoms with van der Waals surface area (Å²) in [6.45, 7) is 7.98. The summed E-state index contributed by atoms with van der Waals surface area (Å²) >= 11 is 0. The molecule has 5 heteroatoms. The van der Waals surface area contributed by atoms with Crippen molar-refractivity contribution in [1.29, 1.82) is 5.26 Å². The predicted octanol–water partition coefficient (Wildman–Crippen LogP) is 3.08. The number of nitrogens with zero attached hydrogens (tertiary/aromatic N) is 2. The normalized spacial score (nSPS) is 17.4. The fourth-order valence-electron chi connectivity index (χ4n) is 3.07. The maximum atomic E-state index is 12.5. The van der Waals surface area contributed by atoms with Crippen molar-refractivity contribution in [2.24, 2.45) is 0 Å². The van der Waals surface area contributed by atoms with Gasteiger partial charge in [0.05, 0.1) is 17.7 Å². The average molecular weight is 316 g/mol. The molecule has 1 aromatic carbocycles. The molecule has 1 aliphatic rings. The van der Waals surface area contributed by atoms with Crippen LogP contribution in [-0.4, -0.2) is 34.9 Å². The number of carbonyl (C=O) groups excluding carboxylic acids is 1. The molecule has 1 atom stereocenters. The predicted molar refractivity (Wildman–Crippen MR) is 87.0 cm³/mol. The van der Waals surface area contributed by atoms with Gasteiger partial charge in [0.25, 0.3) is 0 Å². The molecule has 0 bridgehead atoms. The van der Waals surface area contributed by atoms with E-state index >= 15 is 0 Å². The Labute approximate surface area is 137 Å². The zero-order chi connectivity index (χ0) is 17.2. The largest absolute Gasteiger partial charge is 0.444 e. The van der Waals surface area contributed by atoms with E-state index in [-0.39, 0.29) is 18.7 Å². The topological polar surface area (TPSA) is 73.6 Å². The number of ether oxygens (including phenoxy) is 1. The van der Waals surface area contributed by atoms with E-state index in [0.29, 0.717) is 24.9 Å². The Morgan fingerprint density at radius 3 is 2.74 bits per heavy atom. The lowest BCUT2D eigenvalue weighted by Gasteiger charge is -2.38. The molecule has 1 aliphatic heterocycles. The van der Waals surface area contributed by atoms with Crippen LogP contribution in [0.25, 0.3) is 0 Å². The number of rotatable bonds is 2. The van der Waals surface area contributed by atoms with Gasteiger partial charge >= 0.3 is 6.09 Å². The second-order valence-electron chi connectivity index (χ2n) is 6.87. The maximum absolute atomic E-state index is 12.5. The summed E-state index contributed by atoms with van der Waals surface area (Å²) in [6.07, 6.45) is 0.790. The Bertz CT molecular complexity index is 641. The first kappa shape index (κ1) is 17.3. The summed E-state index contributed by atoms with van der Waals surface area (Å²) in [5, 5.41) is 18.6. The number of carbonyl (C=O) groups is 1. The van der Waals surface area contributed by atoms with Gasteiger partial charge in [-0.3, -0.25) is 0 Å². The number of hydrogen-bond donors (Lipinski definition) is 1. The minimum atomic E-state index is -0.554. The molecule has 1 unspecified atom stereocenters. The van der Waals surface area contributed by atoms with Crippen molar-refractivity contribution < 1.29 is 14.6 Å². The fourth-order valence-corrected chi connectivity index (χ4v) is 3.07. The van der Waals surface area contributed by atoms with Gasteiger partial charge in [0, 0.05) is 13.2 Å². The number of aliphatic hydroxyl groups is 1. The third-order valence-electron chi connectivity index (χ3n) is 4.12. The van der Waals surface area contributed by atoms with Crippen LogP contribution < -0.4 is 0 Å². The van der Waals surface area contributed by atoms with Gasteiger partial charge in [-0.15, -0.1) is 0 Å². The third-order valence-corrected chi connectivity index (χ3v) is 4.12. The molecule has 1 aromatic rings. The summed E-state index contributed by atoms with van der Waals surface area (Å²) in [6, 6.07) is 5.67. The van der Waals surface area contributed by atoms with E-state index in [1.807, 2.05) is 33.8 Å². The van der Waals surface area contributed by atoms with Gasteiger partial charge in [-0.05, 0) is 63.3 Å². The van der Waals surface area contributed by atoms with Crippen molar-refractivity contribution in [1.82, 2.24) is 4.90 Å². The maximum Gasteiger partial charge on any atom is 0.410 e. The molecule has 0 spiro atoms. The van der Waals surface area contributed by atoms with Gasteiger partial charge in [-0.1, -0.05) is 6.07 Å². The first-order valence-corrected chi connectivity index (χ1v) is 7.91. The fraction of sp³-hybridized carbons (Fsp3) is 0.556. The minimum absolute atomic E-state index is 0.0115. The molecule has 23 heavy (non-hydrogen) atoms. The highest BCUT2D eigenvalue weighted by atomic mass is 16.6. The molecule has 0 aliphatic carbocycles. The first-order valence-electron chi connectivity index (χ1n) is 7.91. The molecule has 1 N–H and O–H groups in total. The number of amides is 1. The second kappa shape index (κ2) is 6.59. The average Bonchev–Trinajstić information content (AvgIpc) is 2.46. The molecular weight excluding hydrogens is 292 g/mol. The van der Waals surface area contributed by atoms with Gasteiger partial charge < -0.3 is 14.7 Å². The lowest BCUT2D eigenvalue weighted by atomic mass is 9.86. The molecule has 124 valence electrons. The van der Waals surface area contributed by atoms with Crippen molar-refractivity contribution in [3.05, 3.63) is 34.4 Å². The molecule has 0 fully saturated rings. The Morgan fingerprint density at radius 1 is 1.48 bits per heavy atom. The monoisotopic (exact) mass is 316 g/mol. The van der Waals surface area contributed by atoms with E-state index in [1.54, 1.807) is 11.0 Å². The van der Waals surface area contributed by atoms with Crippen LogP contribution >= 0.6 is 0 Å². The number of aliphatic hydroxyl groups excluding tert-OH is 1. The molecule has 5 nitrogen and oxygen atoms in total. The second-order valence-corrected chi connectivity index (χ2v) is 6.87. The standard InChI is InChI=1S/C18H24N2O3/c1-12-13(11-19)5-6-15-14(12)7-9-20(16(15)8-10-21)17(22)23-18(2,3)4/h5-6,16,21H,7-10H2,1-4H3. The summed E-state index contributed by atoms with van der Waals surface area (Å²) < 4.78 is 5.50. The molecule has 0 saturated carbocycles. The van der Waals surface area contributed by atoms with Gasteiger partial charge in [-0.2, -0.15) is 5.26 Å². The van der Waals surface area contributed by atoms with E-state index in [2.05, 4.69) is 6.07 Å². The van der Waals surface area contributed by atoms with E-state index in [4.69, 9.17) is 4.74 Å². The summed E-state index contributed by atoms with van der Waals surface area (Å²) in [4.78, 5) is 14.2. The highest BCUT2D eigenvalue weighted by molar-refractivity contribution is 5.70. The van der Waals surface area contributed by atoms with Crippen LogP contribution in [0.5, 0.6) is 0 Å². The van der Waals surface area contributed by atoms with E-state index in [9.17, 15) is 15.2 Å². The Balaban J connectivity index is 2.38. The SMILES string of the molecule is Cc1c(C#N)ccc2c1CCN(C(=O)OC(C)(C)C)C2CCO. The van der Waals surface area contributed by atoms with Crippen LogP contribution in [0.3, 0.4) is 0 Å². The van der Waals surface area contributed by atoms with E-state index < -0.39 is 5.60 Å². The number of nitriles is 1. The molecule has 0 aromatic heterocycles. The van der Waals surface area contributed by atoms with Crippen molar-refractivity contribution in [3.63, 3.8) is 0 Å². The lowest BCUT2D eigenvalue weighted by molar-refractivity contribution is 0.0116. The van der Waals surface area contributed by atoms with E-state index in [1.165, 1.54) is 0 Å². The van der Waals surface area contributed by atoms with Crippen LogP contribution in [0.1, 0.15) is 55.5 Å². The van der Waals surface area contributed by atoms with Crippen molar-refractivity contribution in [3.8, 4) is 6.07 Å². The summed E-state index contributed by atoms with van der Waals surface area (Å²) in [5.74, 6) is 0. The highest BCUT2D eigenvalue weighted by Crippen LogP contribution is 2.35. The van der Waals surface area contributed by atoms with Gasteiger partial charge in [0.15, 0.2) is 0 Å². The summed E-state index contributed by atoms with van der Waals surface area (Å²) in [5.41, 5.74) is 3.20. The molecule has 2 rings (SSSR count). The number of fused-ring (bicyclic) bond motifs is 1. The molecule has 1 heterocycles. The van der Waals surface area contributed by atoms with Crippen LogP contribution in [0.4, 0.5) is 4.79 Å². The zero-order valence-electron chi connectivity index (χ0n) is 14.2. The van der Waals surface area contributed by atoms with Gasteiger partial charge in [0.1, 0.15) is 5.60 Å². The molecule has 1 amide bonds. The van der Waals surface area contributed by atoms with Gasteiger partial charge in [0.2, 0.25) is 0 Å². The Morgan fingerprint density at radius 2 is 2.17 bits per heavy atom. The number of benzene rings is 1. The van der Waals surface area contributed by atoms with Crippen molar-refractivity contribution >= 4 is 6.09 Å². The molecular formula is C18H24N2O3. The minimum Gasteiger partial charge on any atom is -0.444 e. The summed E-state index contributed by atoms with van der Waals surface area (Å²) in [7, 11) is 0. The van der Waals surface area contributed by atoms with Crippen LogP contribution in [-0.2, 0) is 11.2 Å². The van der Waals surface area contributed by atoms with Crippen LogP contribution in [0.2, 0.25) is 0 Å². The quantitative estimate of drug-likeness (QED) is 0.910. The third kappa shape index (κ3) is 3.65. The van der Waals surface area contributed by atoms with Gasteiger partial charge in [-0.25, -0.2) is 4.79 Å². The number of hydrogen-bond acceptors (Lipinski definition) is 4. The van der Waals surface area contributed by atoms with Crippen LogP contribution in [0.15, 0.2) is 12.1 Å². The first-order chi connectivity index (χ1) is 10.8. The molecule has 0 saturated heterocycles. The van der Waals surface area contributed by atoms with Crippen molar-refractivity contribution in [2.75, 3.05) is 13.2 Å². The lowest BCUT2D eigenvalue weighted by Crippen LogP contribution is -2.43. The Hall–Kier alpha value is -2.06. The smallest absolute Gasteiger partial charge is 0.410 e. The van der Waals surface area contributed by atoms with Crippen LogP contribution in [0, 0.1) is 18.3 Å².